The fourth-order valence-corrected chi connectivity index (χ4v) is 3.29. The largest absolute Gasteiger partial charge is 0.379 e. The van der Waals surface area contributed by atoms with Crippen molar-refractivity contribution in [1.29, 1.82) is 0 Å². The second-order valence-electron chi connectivity index (χ2n) is 5.90. The summed E-state index contributed by atoms with van der Waals surface area (Å²) in [6.07, 6.45) is 1.11. The van der Waals surface area contributed by atoms with Crippen LogP contribution in [0.3, 0.4) is 0 Å². The van der Waals surface area contributed by atoms with Crippen LogP contribution in [0.4, 0.5) is 0 Å². The van der Waals surface area contributed by atoms with E-state index in [9.17, 15) is 13.2 Å². The van der Waals surface area contributed by atoms with E-state index >= 15 is 0 Å². The van der Waals surface area contributed by atoms with E-state index < -0.39 is 9.84 Å². The first kappa shape index (κ1) is 19.2. The first-order valence-electron chi connectivity index (χ1n) is 7.87. The van der Waals surface area contributed by atoms with Gasteiger partial charge >= 0.3 is 0 Å². The number of nitrogens with one attached hydrogen (secondary N) is 1. The Hall–Kier alpha value is -1.15. The molecular formula is C16H23ClN2O4S. The van der Waals surface area contributed by atoms with Crippen molar-refractivity contribution in [2.75, 3.05) is 44.9 Å². The summed E-state index contributed by atoms with van der Waals surface area (Å²) in [6.45, 7) is 3.31. The smallest absolute Gasteiger partial charge is 0.221 e. The molecule has 1 amide bonds. The molecule has 24 heavy (non-hydrogen) atoms. The van der Waals surface area contributed by atoms with Gasteiger partial charge in [-0.3, -0.25) is 9.69 Å². The van der Waals surface area contributed by atoms with E-state index in [1.807, 2.05) is 24.3 Å². The summed E-state index contributed by atoms with van der Waals surface area (Å²) in [5.41, 5.74) is 1.06. The number of hydrogen-bond acceptors (Lipinski definition) is 5. The third-order valence-electron chi connectivity index (χ3n) is 3.93. The van der Waals surface area contributed by atoms with Crippen LogP contribution < -0.4 is 5.32 Å². The van der Waals surface area contributed by atoms with Gasteiger partial charge in [0.1, 0.15) is 9.84 Å². The van der Waals surface area contributed by atoms with Gasteiger partial charge in [-0.25, -0.2) is 8.42 Å². The van der Waals surface area contributed by atoms with Crippen molar-refractivity contribution in [2.24, 2.45) is 0 Å². The Morgan fingerprint density at radius 1 is 1.29 bits per heavy atom. The fraction of sp³-hybridized carbons (Fsp3) is 0.562. The van der Waals surface area contributed by atoms with Crippen molar-refractivity contribution in [3.63, 3.8) is 0 Å². The second-order valence-corrected chi connectivity index (χ2v) is 8.60. The van der Waals surface area contributed by atoms with E-state index in [4.69, 9.17) is 16.3 Å². The predicted octanol–water partition coefficient (Wildman–Crippen LogP) is 1.26. The minimum absolute atomic E-state index is 0.00773. The minimum atomic E-state index is -3.14. The van der Waals surface area contributed by atoms with Crippen LogP contribution in [0, 0.1) is 0 Å². The normalized spacial score (nSPS) is 17.4. The van der Waals surface area contributed by atoms with Gasteiger partial charge < -0.3 is 10.1 Å². The van der Waals surface area contributed by atoms with Gasteiger partial charge in [-0.05, 0) is 17.7 Å². The molecule has 0 spiro atoms. The van der Waals surface area contributed by atoms with Gasteiger partial charge in [0.15, 0.2) is 0 Å². The first-order chi connectivity index (χ1) is 11.3. The molecule has 0 aliphatic carbocycles. The Morgan fingerprint density at radius 3 is 2.50 bits per heavy atom. The summed E-state index contributed by atoms with van der Waals surface area (Å²) in [5, 5.41) is 3.51. The first-order valence-corrected chi connectivity index (χ1v) is 10.3. The quantitative estimate of drug-likeness (QED) is 0.777. The van der Waals surface area contributed by atoms with E-state index in [0.717, 1.165) is 24.9 Å². The highest BCUT2D eigenvalue weighted by atomic mass is 35.5. The summed E-state index contributed by atoms with van der Waals surface area (Å²) in [6, 6.07) is 7.57. The van der Waals surface area contributed by atoms with Crippen molar-refractivity contribution in [3.8, 4) is 0 Å². The number of amides is 1. The third-order valence-corrected chi connectivity index (χ3v) is 5.13. The third kappa shape index (κ3) is 6.39. The average molecular weight is 375 g/mol. The number of benzene rings is 1. The van der Waals surface area contributed by atoms with Crippen molar-refractivity contribution in [1.82, 2.24) is 10.2 Å². The zero-order chi connectivity index (χ0) is 17.6. The van der Waals surface area contributed by atoms with E-state index in [1.54, 1.807) is 0 Å². The second kappa shape index (κ2) is 8.80. The molecule has 134 valence electrons. The van der Waals surface area contributed by atoms with Crippen LogP contribution in [0.25, 0.3) is 0 Å². The lowest BCUT2D eigenvalue weighted by Gasteiger charge is -2.35. The standard InChI is InChI=1S/C16H23ClN2O4S/c1-24(21,22)11-6-16(20)18-12-15(19-7-9-23-10-8-19)13-2-4-14(17)5-3-13/h2-5,15H,6-12H2,1H3,(H,18,20). The molecule has 1 aliphatic heterocycles. The molecule has 1 aromatic carbocycles. The van der Waals surface area contributed by atoms with Crippen molar-refractivity contribution in [3.05, 3.63) is 34.9 Å². The molecular weight excluding hydrogens is 352 g/mol. The zero-order valence-corrected chi connectivity index (χ0v) is 15.3. The lowest BCUT2D eigenvalue weighted by Crippen LogP contribution is -2.44. The van der Waals surface area contributed by atoms with E-state index in [-0.39, 0.29) is 24.1 Å². The molecule has 1 atom stereocenters. The lowest BCUT2D eigenvalue weighted by atomic mass is 10.0. The Balaban J connectivity index is 2.00. The molecule has 1 aromatic rings. The molecule has 0 aromatic heterocycles. The number of carbonyl (C=O) groups is 1. The molecule has 1 saturated heterocycles. The Kier molecular flexibility index (Phi) is 7.03. The molecule has 2 rings (SSSR count). The van der Waals surface area contributed by atoms with Gasteiger partial charge in [-0.2, -0.15) is 0 Å². The molecule has 1 heterocycles. The fourth-order valence-electron chi connectivity index (χ4n) is 2.61. The summed E-state index contributed by atoms with van der Waals surface area (Å²) >= 11 is 5.95. The van der Waals surface area contributed by atoms with Crippen LogP contribution in [0.1, 0.15) is 18.0 Å². The summed E-state index contributed by atoms with van der Waals surface area (Å²) < 4.78 is 27.7. The molecule has 0 radical (unpaired) electrons. The van der Waals surface area contributed by atoms with Gasteiger partial charge in [-0.1, -0.05) is 23.7 Å². The summed E-state index contributed by atoms with van der Waals surface area (Å²) in [4.78, 5) is 14.2. The molecule has 1 fully saturated rings. The maximum Gasteiger partial charge on any atom is 0.221 e. The Morgan fingerprint density at radius 2 is 1.92 bits per heavy atom. The van der Waals surface area contributed by atoms with E-state index in [0.29, 0.717) is 24.8 Å². The van der Waals surface area contributed by atoms with Gasteiger partial charge in [0.05, 0.1) is 25.0 Å². The van der Waals surface area contributed by atoms with Crippen LogP contribution in [0.2, 0.25) is 5.02 Å². The number of nitrogens with zero attached hydrogens (tertiary/aromatic N) is 1. The number of ether oxygens (including phenoxy) is 1. The predicted molar refractivity (Wildman–Crippen MR) is 93.9 cm³/mol. The van der Waals surface area contributed by atoms with Gasteiger partial charge in [0.2, 0.25) is 5.91 Å². The van der Waals surface area contributed by atoms with Crippen molar-refractivity contribution >= 4 is 27.3 Å². The molecule has 0 bridgehead atoms. The summed E-state index contributed by atoms with van der Waals surface area (Å²) in [7, 11) is -3.14. The molecule has 0 saturated carbocycles. The number of carbonyl (C=O) groups excluding carboxylic acids is 1. The minimum Gasteiger partial charge on any atom is -0.379 e. The topological polar surface area (TPSA) is 75.7 Å². The molecule has 1 N–H and O–H groups in total. The Labute approximate surface area is 148 Å². The van der Waals surface area contributed by atoms with Crippen LogP contribution in [-0.2, 0) is 19.4 Å². The highest BCUT2D eigenvalue weighted by Crippen LogP contribution is 2.23. The number of halogens is 1. The lowest BCUT2D eigenvalue weighted by molar-refractivity contribution is -0.121. The maximum absolute atomic E-state index is 11.9. The monoisotopic (exact) mass is 374 g/mol. The zero-order valence-electron chi connectivity index (χ0n) is 13.7. The van der Waals surface area contributed by atoms with Crippen LogP contribution in [-0.4, -0.2) is 64.1 Å². The van der Waals surface area contributed by atoms with Gasteiger partial charge in [0, 0.05) is 37.3 Å². The SMILES string of the molecule is CS(=O)(=O)CCC(=O)NCC(c1ccc(Cl)cc1)N1CCOCC1. The van der Waals surface area contributed by atoms with Crippen molar-refractivity contribution < 1.29 is 17.9 Å². The van der Waals surface area contributed by atoms with Crippen LogP contribution in [0.5, 0.6) is 0 Å². The number of morpholine rings is 1. The average Bonchev–Trinajstić information content (AvgIpc) is 2.55. The Bertz CT molecular complexity index is 643. The van der Waals surface area contributed by atoms with E-state index in [1.165, 1.54) is 0 Å². The molecule has 1 unspecified atom stereocenters. The molecule has 8 heteroatoms. The highest BCUT2D eigenvalue weighted by Gasteiger charge is 2.23. The van der Waals surface area contributed by atoms with Gasteiger partial charge in [0.25, 0.3) is 0 Å². The number of rotatable bonds is 7. The molecule has 1 aliphatic rings. The van der Waals surface area contributed by atoms with Crippen molar-refractivity contribution in [2.45, 2.75) is 12.5 Å². The summed E-state index contributed by atoms with van der Waals surface area (Å²) in [5.74, 6) is -0.394. The van der Waals surface area contributed by atoms with Gasteiger partial charge in [-0.15, -0.1) is 0 Å². The van der Waals surface area contributed by atoms with Crippen LogP contribution in [0.15, 0.2) is 24.3 Å². The molecule has 6 nitrogen and oxygen atoms in total. The number of hydrogen-bond donors (Lipinski definition) is 1. The van der Waals surface area contributed by atoms with Crippen LogP contribution >= 0.6 is 11.6 Å². The highest BCUT2D eigenvalue weighted by molar-refractivity contribution is 7.90. The number of sulfone groups is 1. The maximum atomic E-state index is 11.9. The van der Waals surface area contributed by atoms with E-state index in [2.05, 4.69) is 10.2 Å².